The molecule has 0 saturated carbocycles. The molecule has 182 valence electrons. The minimum absolute atomic E-state index is 0. The molecule has 0 unspecified atom stereocenters. The molecule has 28 heavy (non-hydrogen) atoms. The highest BCUT2D eigenvalue weighted by molar-refractivity contribution is 5.86. The van der Waals surface area contributed by atoms with Gasteiger partial charge in [-0.25, -0.2) is 0 Å². The molecule has 0 aliphatic rings. The van der Waals surface area contributed by atoms with Gasteiger partial charge in [0.15, 0.2) is 0 Å². The van der Waals surface area contributed by atoms with Crippen LogP contribution in [0.4, 0.5) is 0 Å². The molecule has 0 aliphatic heterocycles. The summed E-state index contributed by atoms with van der Waals surface area (Å²) in [4.78, 5) is 0. The van der Waals surface area contributed by atoms with E-state index in [1.807, 2.05) is 0 Å². The average Bonchev–Trinajstić information content (AvgIpc) is 2.54. The molecule has 0 rings (SSSR count). The Morgan fingerprint density at radius 2 is 0.536 bits per heavy atom. The van der Waals surface area contributed by atoms with E-state index in [4.69, 9.17) is 11.5 Å². The third kappa shape index (κ3) is 46.0. The molecular formula is C16H46Cl6N6. The molecule has 0 heterocycles. The number of unbranched alkanes of at least 4 members (excludes halogenated alkanes) is 1. The molecule has 8 N–H and O–H groups in total. The van der Waals surface area contributed by atoms with Gasteiger partial charge in [-0.1, -0.05) is 0 Å². The number of nitrogens with two attached hydrogens (primary N) is 2. The van der Waals surface area contributed by atoms with Crippen LogP contribution >= 0.6 is 74.4 Å². The summed E-state index contributed by atoms with van der Waals surface area (Å²) in [7, 11) is 0. The van der Waals surface area contributed by atoms with Crippen LogP contribution in [0.1, 0.15) is 38.5 Å². The second kappa shape index (κ2) is 46.6. The molecule has 0 bridgehead atoms. The van der Waals surface area contributed by atoms with Crippen molar-refractivity contribution in [3.63, 3.8) is 0 Å². The summed E-state index contributed by atoms with van der Waals surface area (Å²) < 4.78 is 0. The van der Waals surface area contributed by atoms with Gasteiger partial charge >= 0.3 is 0 Å². The Labute approximate surface area is 210 Å². The minimum atomic E-state index is 0. The third-order valence-corrected chi connectivity index (χ3v) is 3.49. The molecule has 0 aromatic heterocycles. The van der Waals surface area contributed by atoms with Crippen LogP contribution in [0.15, 0.2) is 0 Å². The van der Waals surface area contributed by atoms with E-state index >= 15 is 0 Å². The Kier molecular flexibility index (Phi) is 78.8. The fourth-order valence-corrected chi connectivity index (χ4v) is 2.13. The molecule has 0 spiro atoms. The lowest BCUT2D eigenvalue weighted by molar-refractivity contribution is 0.545. The zero-order chi connectivity index (χ0) is 16.1. The topological polar surface area (TPSA) is 100 Å². The van der Waals surface area contributed by atoms with E-state index < -0.39 is 0 Å². The van der Waals surface area contributed by atoms with Crippen molar-refractivity contribution in [3.8, 4) is 0 Å². The van der Waals surface area contributed by atoms with Gasteiger partial charge in [-0.3, -0.25) is 0 Å². The molecule has 0 fully saturated rings. The molecule has 0 atom stereocenters. The van der Waals surface area contributed by atoms with Crippen molar-refractivity contribution < 1.29 is 0 Å². The van der Waals surface area contributed by atoms with Crippen molar-refractivity contribution in [1.82, 2.24) is 21.3 Å². The maximum atomic E-state index is 5.44. The fourth-order valence-electron chi connectivity index (χ4n) is 2.13. The predicted molar refractivity (Wildman–Crippen MR) is 141 cm³/mol. The number of rotatable bonds is 19. The SMILES string of the molecule is Cl.Cl.Cl.Cl.Cl.Cl.NCCCNCCCCNCCCNCCCNCCCN. The highest BCUT2D eigenvalue weighted by Crippen LogP contribution is 1.85. The highest BCUT2D eigenvalue weighted by atomic mass is 35.5. The van der Waals surface area contributed by atoms with E-state index in [0.717, 1.165) is 78.3 Å². The molecule has 0 amide bonds. The molecular weight excluding hydrogens is 489 g/mol. The monoisotopic (exact) mass is 532 g/mol. The van der Waals surface area contributed by atoms with Crippen molar-refractivity contribution in [1.29, 1.82) is 0 Å². The number of hydrogen-bond donors (Lipinski definition) is 6. The van der Waals surface area contributed by atoms with E-state index in [2.05, 4.69) is 21.3 Å². The van der Waals surface area contributed by atoms with Crippen molar-refractivity contribution in [2.75, 3.05) is 65.4 Å². The van der Waals surface area contributed by atoms with Crippen LogP contribution in [-0.2, 0) is 0 Å². The second-order valence-electron chi connectivity index (χ2n) is 5.70. The zero-order valence-electron chi connectivity index (χ0n) is 16.9. The van der Waals surface area contributed by atoms with Crippen molar-refractivity contribution >= 4 is 74.4 Å². The van der Waals surface area contributed by atoms with Crippen LogP contribution in [0.25, 0.3) is 0 Å². The predicted octanol–water partition coefficient (Wildman–Crippen LogP) is 2.13. The van der Waals surface area contributed by atoms with Gasteiger partial charge in [-0.15, -0.1) is 74.4 Å². The molecule has 0 aromatic rings. The van der Waals surface area contributed by atoms with Crippen LogP contribution in [0, 0.1) is 0 Å². The lowest BCUT2D eigenvalue weighted by atomic mass is 10.3. The number of nitrogens with one attached hydrogen (secondary N) is 4. The Morgan fingerprint density at radius 1 is 0.321 bits per heavy atom. The molecule has 0 aromatic carbocycles. The maximum absolute atomic E-state index is 5.44. The first-order valence-corrected chi connectivity index (χ1v) is 9.14. The summed E-state index contributed by atoms with van der Waals surface area (Å²) in [6, 6.07) is 0. The van der Waals surface area contributed by atoms with Gasteiger partial charge < -0.3 is 32.7 Å². The third-order valence-electron chi connectivity index (χ3n) is 3.49. The molecule has 0 radical (unpaired) electrons. The van der Waals surface area contributed by atoms with E-state index in [1.165, 1.54) is 25.7 Å². The van der Waals surface area contributed by atoms with Gasteiger partial charge in [0, 0.05) is 0 Å². The van der Waals surface area contributed by atoms with Crippen LogP contribution < -0.4 is 32.7 Å². The van der Waals surface area contributed by atoms with Crippen LogP contribution in [-0.4, -0.2) is 65.4 Å². The first-order valence-electron chi connectivity index (χ1n) is 9.14. The Bertz CT molecular complexity index is 192. The molecule has 0 saturated heterocycles. The van der Waals surface area contributed by atoms with E-state index in [-0.39, 0.29) is 74.4 Å². The van der Waals surface area contributed by atoms with Gasteiger partial charge in [-0.05, 0) is 104 Å². The Balaban J connectivity index is -0.000000147. The highest BCUT2D eigenvalue weighted by Gasteiger charge is 1.92. The lowest BCUT2D eigenvalue weighted by Gasteiger charge is -2.07. The number of hydrogen-bond acceptors (Lipinski definition) is 6. The van der Waals surface area contributed by atoms with Crippen LogP contribution in [0.2, 0.25) is 0 Å². The first-order chi connectivity index (χ1) is 10.9. The van der Waals surface area contributed by atoms with E-state index in [0.29, 0.717) is 0 Å². The number of halogens is 6. The standard InChI is InChI=1S/C16H40N6.6ClH/c17-7-3-11-19-9-1-2-10-20-13-5-15-22-16-6-14-21-12-4-8-18;;;;;;/h19-22H,1-18H2;6*1H. The van der Waals surface area contributed by atoms with Crippen molar-refractivity contribution in [2.45, 2.75) is 38.5 Å². The van der Waals surface area contributed by atoms with Gasteiger partial charge in [0.1, 0.15) is 0 Å². The summed E-state index contributed by atoms with van der Waals surface area (Å²) in [5.41, 5.74) is 10.9. The van der Waals surface area contributed by atoms with Crippen molar-refractivity contribution in [3.05, 3.63) is 0 Å². The largest absolute Gasteiger partial charge is 0.330 e. The summed E-state index contributed by atoms with van der Waals surface area (Å²) in [5.74, 6) is 0. The van der Waals surface area contributed by atoms with E-state index in [9.17, 15) is 0 Å². The Morgan fingerprint density at radius 3 is 0.786 bits per heavy atom. The van der Waals surface area contributed by atoms with Gasteiger partial charge in [-0.2, -0.15) is 0 Å². The van der Waals surface area contributed by atoms with E-state index in [1.54, 1.807) is 0 Å². The molecule has 6 nitrogen and oxygen atoms in total. The van der Waals surface area contributed by atoms with Crippen LogP contribution in [0.5, 0.6) is 0 Å². The van der Waals surface area contributed by atoms with Crippen LogP contribution in [0.3, 0.4) is 0 Å². The average molecular weight is 535 g/mol. The normalized spacial score (nSPS) is 8.79. The van der Waals surface area contributed by atoms with Crippen molar-refractivity contribution in [2.24, 2.45) is 11.5 Å². The smallest absolute Gasteiger partial charge is 0.00368 e. The maximum Gasteiger partial charge on any atom is -0.00368 e. The van der Waals surface area contributed by atoms with Gasteiger partial charge in [0.25, 0.3) is 0 Å². The van der Waals surface area contributed by atoms with Gasteiger partial charge in [0.05, 0.1) is 0 Å². The molecule has 0 aliphatic carbocycles. The summed E-state index contributed by atoms with van der Waals surface area (Å²) in [5, 5.41) is 13.8. The first kappa shape index (κ1) is 47.3. The molecule has 12 heteroatoms. The van der Waals surface area contributed by atoms with Gasteiger partial charge in [0.2, 0.25) is 0 Å². The fraction of sp³-hybridized carbons (Fsp3) is 1.00. The summed E-state index contributed by atoms with van der Waals surface area (Å²) in [6.45, 7) is 10.3. The summed E-state index contributed by atoms with van der Waals surface area (Å²) >= 11 is 0. The minimum Gasteiger partial charge on any atom is -0.330 e. The zero-order valence-corrected chi connectivity index (χ0v) is 21.8. The second-order valence-corrected chi connectivity index (χ2v) is 5.70. The summed E-state index contributed by atoms with van der Waals surface area (Å²) in [6.07, 6.45) is 7.03. The lowest BCUT2D eigenvalue weighted by Crippen LogP contribution is -2.26. The quantitative estimate of drug-likeness (QED) is 0.142. The Hall–Kier alpha value is 1.50.